The van der Waals surface area contributed by atoms with Crippen LogP contribution in [0.2, 0.25) is 0 Å². The van der Waals surface area contributed by atoms with E-state index in [2.05, 4.69) is 20.9 Å². The van der Waals surface area contributed by atoms with E-state index in [0.29, 0.717) is 17.7 Å². The summed E-state index contributed by atoms with van der Waals surface area (Å²) in [5.74, 6) is 0.640. The van der Waals surface area contributed by atoms with E-state index in [1.54, 1.807) is 19.2 Å². The lowest BCUT2D eigenvalue weighted by molar-refractivity contribution is -0.102. The molecule has 4 heteroatoms. The first-order valence-corrected chi connectivity index (χ1v) is 4.38. The van der Waals surface area contributed by atoms with Crippen molar-refractivity contribution in [2.45, 2.75) is 0 Å². The van der Waals surface area contributed by atoms with Crippen molar-refractivity contribution in [2.24, 2.45) is 4.99 Å². The van der Waals surface area contributed by atoms with E-state index in [0.717, 1.165) is 4.47 Å². The number of aldehydes is 1. The van der Waals surface area contributed by atoms with E-state index in [-0.39, 0.29) is 0 Å². The van der Waals surface area contributed by atoms with Crippen molar-refractivity contribution in [3.63, 3.8) is 0 Å². The average molecular weight is 242 g/mol. The highest BCUT2D eigenvalue weighted by molar-refractivity contribution is 9.10. The molecule has 0 aromatic heterocycles. The van der Waals surface area contributed by atoms with Crippen LogP contribution in [0.5, 0.6) is 5.75 Å². The predicted octanol–water partition coefficient (Wildman–Crippen LogP) is 2.36. The molecule has 1 aromatic carbocycles. The molecular formula is C9H8BrNO2. The molecule has 0 N–H and O–H groups in total. The number of halogens is 1. The van der Waals surface area contributed by atoms with Gasteiger partial charge in [-0.1, -0.05) is 15.9 Å². The molecule has 0 amide bonds. The highest BCUT2D eigenvalue weighted by atomic mass is 79.9. The van der Waals surface area contributed by atoms with Crippen molar-refractivity contribution < 1.29 is 9.53 Å². The zero-order valence-electron chi connectivity index (χ0n) is 7.03. The largest absolute Gasteiger partial charge is 0.494 e. The first-order valence-electron chi connectivity index (χ1n) is 3.59. The summed E-state index contributed by atoms with van der Waals surface area (Å²) in [4.78, 5) is 14.0. The fraction of sp³-hybridized carbons (Fsp3) is 0.111. The van der Waals surface area contributed by atoms with E-state index < -0.39 is 0 Å². The molecule has 0 aliphatic rings. The maximum Gasteiger partial charge on any atom is 0.161 e. The van der Waals surface area contributed by atoms with Crippen LogP contribution in [0, 0.1) is 0 Å². The lowest BCUT2D eigenvalue weighted by Gasteiger charge is -2.03. The van der Waals surface area contributed by atoms with Gasteiger partial charge in [0, 0.05) is 4.47 Å². The second kappa shape index (κ2) is 4.77. The predicted molar refractivity (Wildman–Crippen MR) is 54.9 cm³/mol. The summed E-state index contributed by atoms with van der Waals surface area (Å²) in [5, 5.41) is 0. The highest BCUT2D eigenvalue weighted by Crippen LogP contribution is 2.29. The summed E-state index contributed by atoms with van der Waals surface area (Å²) < 4.78 is 5.94. The van der Waals surface area contributed by atoms with E-state index in [9.17, 15) is 4.79 Å². The molecule has 0 spiro atoms. The Morgan fingerprint density at radius 1 is 1.54 bits per heavy atom. The molecule has 3 nitrogen and oxygen atoms in total. The number of aliphatic imine (C=N–C) groups is 1. The Morgan fingerprint density at radius 3 is 2.92 bits per heavy atom. The van der Waals surface area contributed by atoms with Crippen LogP contribution in [-0.2, 0) is 4.79 Å². The molecule has 1 rings (SSSR count). The Hall–Kier alpha value is -1.16. The van der Waals surface area contributed by atoms with Crippen molar-refractivity contribution in [1.29, 1.82) is 0 Å². The van der Waals surface area contributed by atoms with Gasteiger partial charge in [-0.2, -0.15) is 0 Å². The lowest BCUT2D eigenvalue weighted by atomic mass is 10.3. The average Bonchev–Trinajstić information content (AvgIpc) is 2.15. The molecule has 13 heavy (non-hydrogen) atoms. The van der Waals surface area contributed by atoms with Crippen LogP contribution in [-0.4, -0.2) is 19.6 Å². The van der Waals surface area contributed by atoms with Gasteiger partial charge in [0.15, 0.2) is 6.29 Å². The molecule has 0 aliphatic heterocycles. The van der Waals surface area contributed by atoms with Gasteiger partial charge in [-0.3, -0.25) is 4.79 Å². The first-order chi connectivity index (χ1) is 6.27. The topological polar surface area (TPSA) is 38.7 Å². The molecule has 0 bridgehead atoms. The molecule has 1 aromatic rings. The number of ether oxygens (including phenoxy) is 1. The Balaban J connectivity index is 3.07. The Morgan fingerprint density at radius 2 is 2.31 bits per heavy atom. The number of hydrogen-bond donors (Lipinski definition) is 0. The standard InChI is InChI=1S/C9H8BrNO2/c1-13-9-3-2-7(10)6-8(9)11-4-5-12/h2-6H,1H3. The highest BCUT2D eigenvalue weighted by Gasteiger charge is 2.00. The zero-order chi connectivity index (χ0) is 9.68. The molecule has 0 aliphatic carbocycles. The molecule has 68 valence electrons. The van der Waals surface area contributed by atoms with Crippen molar-refractivity contribution in [3.05, 3.63) is 22.7 Å². The van der Waals surface area contributed by atoms with Crippen LogP contribution in [0.3, 0.4) is 0 Å². The summed E-state index contributed by atoms with van der Waals surface area (Å²) in [7, 11) is 1.56. The van der Waals surface area contributed by atoms with Crippen molar-refractivity contribution >= 4 is 34.1 Å². The molecule has 0 fully saturated rings. The van der Waals surface area contributed by atoms with Crippen molar-refractivity contribution in [2.75, 3.05) is 7.11 Å². The Bertz CT molecular complexity index is 336. The molecule has 0 atom stereocenters. The van der Waals surface area contributed by atoms with Crippen LogP contribution >= 0.6 is 15.9 Å². The molecule has 0 unspecified atom stereocenters. The molecular weight excluding hydrogens is 234 g/mol. The van der Waals surface area contributed by atoms with E-state index in [4.69, 9.17) is 4.74 Å². The van der Waals surface area contributed by atoms with Gasteiger partial charge in [0.1, 0.15) is 11.4 Å². The fourth-order valence-corrected chi connectivity index (χ4v) is 1.22. The molecule has 0 radical (unpaired) electrons. The maximum absolute atomic E-state index is 10.1. The van der Waals surface area contributed by atoms with Gasteiger partial charge in [0.2, 0.25) is 0 Å². The minimum Gasteiger partial charge on any atom is -0.494 e. The SMILES string of the molecule is COc1ccc(Br)cc1N=CC=O. The molecule has 0 saturated heterocycles. The zero-order valence-corrected chi connectivity index (χ0v) is 8.61. The van der Waals surface area contributed by atoms with E-state index >= 15 is 0 Å². The van der Waals surface area contributed by atoms with E-state index in [1.807, 2.05) is 6.07 Å². The number of carbonyl (C=O) groups is 1. The van der Waals surface area contributed by atoms with Gasteiger partial charge in [-0.05, 0) is 18.2 Å². The van der Waals surface area contributed by atoms with Crippen LogP contribution in [0.25, 0.3) is 0 Å². The second-order valence-corrected chi connectivity index (χ2v) is 3.15. The molecule has 0 heterocycles. The number of carbonyl (C=O) groups excluding carboxylic acids is 1. The number of hydrogen-bond acceptors (Lipinski definition) is 3. The molecule has 0 saturated carbocycles. The van der Waals surface area contributed by atoms with Gasteiger partial charge < -0.3 is 4.74 Å². The third-order valence-electron chi connectivity index (χ3n) is 1.42. The Labute approximate surface area is 84.6 Å². The monoisotopic (exact) mass is 241 g/mol. The van der Waals surface area contributed by atoms with Gasteiger partial charge in [0.25, 0.3) is 0 Å². The third-order valence-corrected chi connectivity index (χ3v) is 1.91. The van der Waals surface area contributed by atoms with Crippen LogP contribution in [0.4, 0.5) is 5.69 Å². The van der Waals surface area contributed by atoms with Gasteiger partial charge in [-0.15, -0.1) is 0 Å². The quantitative estimate of drug-likeness (QED) is 0.602. The smallest absolute Gasteiger partial charge is 0.161 e. The van der Waals surface area contributed by atoms with Crippen molar-refractivity contribution in [3.8, 4) is 5.75 Å². The van der Waals surface area contributed by atoms with Gasteiger partial charge in [-0.25, -0.2) is 4.99 Å². The second-order valence-electron chi connectivity index (χ2n) is 2.23. The van der Waals surface area contributed by atoms with E-state index in [1.165, 1.54) is 6.21 Å². The minimum atomic E-state index is 0.625. The summed E-state index contributed by atoms with van der Waals surface area (Å²) >= 11 is 3.30. The maximum atomic E-state index is 10.1. The number of nitrogens with zero attached hydrogens (tertiary/aromatic N) is 1. The van der Waals surface area contributed by atoms with Crippen LogP contribution in [0.15, 0.2) is 27.7 Å². The first kappa shape index (κ1) is 9.92. The number of methoxy groups -OCH3 is 1. The van der Waals surface area contributed by atoms with Crippen molar-refractivity contribution in [1.82, 2.24) is 0 Å². The summed E-state index contributed by atoms with van der Waals surface area (Å²) in [6, 6.07) is 5.40. The summed E-state index contributed by atoms with van der Waals surface area (Å²) in [5.41, 5.74) is 0.629. The van der Waals surface area contributed by atoms with Crippen LogP contribution in [0.1, 0.15) is 0 Å². The lowest BCUT2D eigenvalue weighted by Crippen LogP contribution is -1.83. The number of benzene rings is 1. The number of rotatable bonds is 3. The summed E-state index contributed by atoms with van der Waals surface area (Å²) in [6.45, 7) is 0. The van der Waals surface area contributed by atoms with Gasteiger partial charge in [0.05, 0.1) is 13.3 Å². The minimum absolute atomic E-state index is 0.625. The third kappa shape index (κ3) is 2.66. The fourth-order valence-electron chi connectivity index (χ4n) is 0.875. The normalized spacial score (nSPS) is 10.3. The van der Waals surface area contributed by atoms with Gasteiger partial charge >= 0.3 is 0 Å². The van der Waals surface area contributed by atoms with Crippen LogP contribution < -0.4 is 4.74 Å². The Kier molecular flexibility index (Phi) is 3.64. The summed E-state index contributed by atoms with van der Waals surface area (Å²) in [6.07, 6.45) is 1.81.